The number of hydrogen-bond acceptors (Lipinski definition) is 10. The van der Waals surface area contributed by atoms with Crippen LogP contribution in [0.2, 0.25) is 0 Å². The van der Waals surface area contributed by atoms with E-state index in [4.69, 9.17) is 18.9 Å². The van der Waals surface area contributed by atoms with Gasteiger partial charge in [0.1, 0.15) is 6.23 Å². The van der Waals surface area contributed by atoms with Crippen LogP contribution in [-0.4, -0.2) is 61.5 Å². The Hall–Kier alpha value is -1.73. The monoisotopic (exact) mass is 494 g/mol. The fourth-order valence-electron chi connectivity index (χ4n) is 2.81. The molecule has 12 nitrogen and oxygen atoms in total. The zero-order valence-corrected chi connectivity index (χ0v) is 19.3. The van der Waals surface area contributed by atoms with Gasteiger partial charge in [0.2, 0.25) is 0 Å². The summed E-state index contributed by atoms with van der Waals surface area (Å²) < 4.78 is 28.7. The van der Waals surface area contributed by atoms with Gasteiger partial charge in [-0.25, -0.2) is 9.36 Å². The van der Waals surface area contributed by atoms with Crippen LogP contribution in [0.25, 0.3) is 0 Å². The number of ether oxygens (including phenoxy) is 1. The number of aliphatic hydroxyl groups excluding tert-OH is 2. The maximum Gasteiger partial charge on any atom is 0.472 e. The number of aliphatic hydroxyl groups is 2. The van der Waals surface area contributed by atoms with Crippen molar-refractivity contribution in [3.05, 3.63) is 45.4 Å². The van der Waals surface area contributed by atoms with Gasteiger partial charge in [-0.05, 0) is 13.8 Å². The standard InChI is InChI=1S/C18H27N2O10PS/c1-11(22)12-8-15(20-5-4-14(23)19-17(20)25)30-13(12)9-29-31(26,27)28-6-7-32-16(24)18(2,3)10-21/h4-5,12-13,15,21-22H,1,6-10H2,2-3H3,(H,26,27)(H,19,23,25)/t12-,13-,15-/m1/s1. The molecule has 0 bridgehead atoms. The summed E-state index contributed by atoms with van der Waals surface area (Å²) in [6.07, 6.45) is -0.422. The molecule has 4 atom stereocenters. The molecular weight excluding hydrogens is 467 g/mol. The number of thioether (sulfide) groups is 1. The molecule has 180 valence electrons. The number of rotatable bonds is 11. The highest BCUT2D eigenvalue weighted by atomic mass is 32.2. The number of carbonyl (C=O) groups is 1. The van der Waals surface area contributed by atoms with E-state index in [2.05, 4.69) is 11.6 Å². The van der Waals surface area contributed by atoms with Crippen LogP contribution >= 0.6 is 19.6 Å². The molecule has 1 unspecified atom stereocenters. The molecule has 2 rings (SSSR count). The predicted molar refractivity (Wildman–Crippen MR) is 115 cm³/mol. The summed E-state index contributed by atoms with van der Waals surface area (Å²) in [4.78, 5) is 47.1. The highest BCUT2D eigenvalue weighted by Gasteiger charge is 2.40. The van der Waals surface area contributed by atoms with Crippen molar-refractivity contribution in [1.82, 2.24) is 9.55 Å². The summed E-state index contributed by atoms with van der Waals surface area (Å²) in [7, 11) is -4.50. The zero-order chi connectivity index (χ0) is 24.1. The lowest BCUT2D eigenvalue weighted by atomic mass is 9.97. The molecule has 0 radical (unpaired) electrons. The molecule has 1 fully saturated rings. The smallest absolute Gasteiger partial charge is 0.472 e. The summed E-state index contributed by atoms with van der Waals surface area (Å²) in [6.45, 7) is 5.57. The summed E-state index contributed by atoms with van der Waals surface area (Å²) in [5, 5.41) is 18.7. The first-order valence-electron chi connectivity index (χ1n) is 9.61. The fourth-order valence-corrected chi connectivity index (χ4v) is 4.47. The molecule has 1 saturated heterocycles. The highest BCUT2D eigenvalue weighted by Crippen LogP contribution is 2.45. The quantitative estimate of drug-likeness (QED) is 0.195. The lowest BCUT2D eigenvalue weighted by Crippen LogP contribution is -2.31. The second kappa shape index (κ2) is 10.9. The van der Waals surface area contributed by atoms with E-state index < -0.39 is 49.3 Å². The number of aromatic nitrogens is 2. The van der Waals surface area contributed by atoms with E-state index in [1.807, 2.05) is 0 Å². The van der Waals surface area contributed by atoms with Crippen molar-refractivity contribution < 1.29 is 38.3 Å². The van der Waals surface area contributed by atoms with E-state index in [0.29, 0.717) is 0 Å². The van der Waals surface area contributed by atoms with Crippen LogP contribution in [-0.2, 0) is 23.1 Å². The van der Waals surface area contributed by atoms with Crippen molar-refractivity contribution in [1.29, 1.82) is 0 Å². The largest absolute Gasteiger partial charge is 0.513 e. The number of phosphoric ester groups is 1. The first kappa shape index (κ1) is 26.5. The Morgan fingerprint density at radius 1 is 1.44 bits per heavy atom. The van der Waals surface area contributed by atoms with Crippen LogP contribution in [0.5, 0.6) is 0 Å². The maximum atomic E-state index is 12.1. The third-order valence-corrected chi connectivity index (χ3v) is 6.92. The number of phosphoric acid groups is 1. The number of H-pyrrole nitrogens is 1. The Balaban J connectivity index is 1.90. The van der Waals surface area contributed by atoms with Crippen molar-refractivity contribution in [3.63, 3.8) is 0 Å². The molecule has 0 saturated carbocycles. The highest BCUT2D eigenvalue weighted by molar-refractivity contribution is 8.13. The number of nitrogens with one attached hydrogen (secondary N) is 1. The van der Waals surface area contributed by atoms with Crippen molar-refractivity contribution in [3.8, 4) is 0 Å². The van der Waals surface area contributed by atoms with Crippen LogP contribution in [0.1, 0.15) is 26.5 Å². The van der Waals surface area contributed by atoms with Crippen LogP contribution in [0.3, 0.4) is 0 Å². The minimum absolute atomic E-state index is 0.0728. The van der Waals surface area contributed by atoms with Crippen LogP contribution in [0, 0.1) is 11.3 Å². The molecule has 1 aliphatic heterocycles. The van der Waals surface area contributed by atoms with E-state index >= 15 is 0 Å². The summed E-state index contributed by atoms with van der Waals surface area (Å²) in [5.41, 5.74) is -2.22. The van der Waals surface area contributed by atoms with E-state index in [-0.39, 0.29) is 36.3 Å². The fraction of sp³-hybridized carbons (Fsp3) is 0.611. The number of aromatic amines is 1. The normalized spacial score (nSPS) is 23.1. The van der Waals surface area contributed by atoms with E-state index in [0.717, 1.165) is 22.4 Å². The van der Waals surface area contributed by atoms with E-state index in [1.165, 1.54) is 6.20 Å². The second-order valence-corrected chi connectivity index (χ2v) is 10.3. The molecule has 1 aromatic heterocycles. The molecular formula is C18H27N2O10PS. The number of hydrogen-bond donors (Lipinski definition) is 4. The third-order valence-electron chi connectivity index (χ3n) is 4.75. The molecule has 0 aromatic carbocycles. The lowest BCUT2D eigenvalue weighted by Gasteiger charge is -2.20. The zero-order valence-electron chi connectivity index (χ0n) is 17.6. The number of nitrogens with zero attached hydrogens (tertiary/aromatic N) is 1. The molecule has 0 aliphatic carbocycles. The van der Waals surface area contributed by atoms with Crippen molar-refractivity contribution in [2.75, 3.05) is 25.6 Å². The lowest BCUT2D eigenvalue weighted by molar-refractivity contribution is -0.119. The maximum absolute atomic E-state index is 12.1. The second-order valence-electron chi connectivity index (χ2n) is 7.76. The molecule has 1 aliphatic rings. The minimum atomic E-state index is -4.50. The summed E-state index contributed by atoms with van der Waals surface area (Å²) in [6, 6.07) is 1.14. The average Bonchev–Trinajstić information content (AvgIpc) is 3.14. The first-order valence-corrected chi connectivity index (χ1v) is 12.1. The Bertz CT molecular complexity index is 990. The van der Waals surface area contributed by atoms with E-state index in [1.54, 1.807) is 13.8 Å². The van der Waals surface area contributed by atoms with Crippen LogP contribution < -0.4 is 11.2 Å². The summed E-state index contributed by atoms with van der Waals surface area (Å²) in [5.74, 6) is -0.884. The van der Waals surface area contributed by atoms with Gasteiger partial charge < -0.3 is 19.8 Å². The van der Waals surface area contributed by atoms with Gasteiger partial charge in [0.15, 0.2) is 5.12 Å². The van der Waals surface area contributed by atoms with Gasteiger partial charge in [0.25, 0.3) is 5.56 Å². The van der Waals surface area contributed by atoms with Crippen molar-refractivity contribution in [2.45, 2.75) is 32.6 Å². The van der Waals surface area contributed by atoms with E-state index in [9.17, 15) is 28.9 Å². The molecule has 1 aromatic rings. The first-order chi connectivity index (χ1) is 14.9. The Kier molecular flexibility index (Phi) is 9.06. The van der Waals surface area contributed by atoms with Gasteiger partial charge in [0, 0.05) is 30.4 Å². The van der Waals surface area contributed by atoms with Crippen molar-refractivity contribution >= 4 is 24.7 Å². The molecule has 0 amide bonds. The average molecular weight is 494 g/mol. The van der Waals surface area contributed by atoms with Gasteiger partial charge in [-0.3, -0.25) is 28.2 Å². The topological polar surface area (TPSA) is 177 Å². The van der Waals surface area contributed by atoms with Crippen molar-refractivity contribution in [2.24, 2.45) is 11.3 Å². The molecule has 32 heavy (non-hydrogen) atoms. The number of carbonyl (C=O) groups excluding carboxylic acids is 1. The predicted octanol–water partition coefficient (Wildman–Crippen LogP) is 0.924. The van der Waals surface area contributed by atoms with Gasteiger partial charge in [0.05, 0.1) is 37.1 Å². The Labute approximate surface area is 187 Å². The minimum Gasteiger partial charge on any atom is -0.513 e. The summed E-state index contributed by atoms with van der Waals surface area (Å²) >= 11 is 0.858. The molecule has 2 heterocycles. The van der Waals surface area contributed by atoms with Gasteiger partial charge in [-0.2, -0.15) is 0 Å². The van der Waals surface area contributed by atoms with Gasteiger partial charge in [-0.1, -0.05) is 18.3 Å². The molecule has 14 heteroatoms. The Morgan fingerprint density at radius 2 is 2.12 bits per heavy atom. The Morgan fingerprint density at radius 3 is 2.72 bits per heavy atom. The third kappa shape index (κ3) is 7.14. The SMILES string of the molecule is C=C(O)[C@H]1C[C@H](n2ccc(=O)[nH]c2=O)O[C@@H]1COP(=O)(O)OCCSC(=O)C(C)(C)CO. The van der Waals surface area contributed by atoms with Gasteiger partial charge >= 0.3 is 13.5 Å². The molecule has 0 spiro atoms. The van der Waals surface area contributed by atoms with Gasteiger partial charge in [-0.15, -0.1) is 0 Å². The molecule has 4 N–H and O–H groups in total. The van der Waals surface area contributed by atoms with Crippen LogP contribution in [0.15, 0.2) is 34.2 Å². The van der Waals surface area contributed by atoms with Crippen LogP contribution in [0.4, 0.5) is 0 Å².